The van der Waals surface area contributed by atoms with Crippen molar-refractivity contribution in [1.82, 2.24) is 5.32 Å². The maximum atomic E-state index is 13.5. The van der Waals surface area contributed by atoms with E-state index in [0.717, 1.165) is 17.7 Å². The van der Waals surface area contributed by atoms with Gasteiger partial charge < -0.3 is 14.8 Å². The van der Waals surface area contributed by atoms with Crippen LogP contribution in [0.4, 0.5) is 18.9 Å². The molecule has 0 saturated carbocycles. The van der Waals surface area contributed by atoms with Crippen molar-refractivity contribution >= 4 is 21.6 Å². The number of nitrogens with zero attached hydrogens (tertiary/aromatic N) is 1. The topological polar surface area (TPSA) is 84.9 Å². The average molecular weight is 535 g/mol. The van der Waals surface area contributed by atoms with Crippen LogP contribution in [0.2, 0.25) is 0 Å². The number of nitrogens with one attached hydrogen (secondary N) is 1. The number of benzene rings is 3. The monoisotopic (exact) mass is 534 g/mol. The van der Waals surface area contributed by atoms with Crippen molar-refractivity contribution < 1.29 is 35.9 Å². The van der Waals surface area contributed by atoms with Crippen molar-refractivity contribution in [3.05, 3.63) is 83.4 Å². The van der Waals surface area contributed by atoms with Gasteiger partial charge in [0, 0.05) is 0 Å². The van der Waals surface area contributed by atoms with Crippen LogP contribution in [0.1, 0.15) is 29.7 Å². The number of fused-ring (bicyclic) bond motifs is 1. The lowest BCUT2D eigenvalue weighted by Crippen LogP contribution is -2.41. The quantitative estimate of drug-likeness (QED) is 0.468. The van der Waals surface area contributed by atoms with Gasteiger partial charge in [-0.2, -0.15) is 13.2 Å². The summed E-state index contributed by atoms with van der Waals surface area (Å²) in [6.07, 6.45) is -4.69. The maximum absolute atomic E-state index is 13.5. The molecule has 3 aromatic rings. The molecular formula is C26H25F3N2O5S. The van der Waals surface area contributed by atoms with Crippen molar-refractivity contribution in [2.24, 2.45) is 0 Å². The molecule has 0 spiro atoms. The highest BCUT2D eigenvalue weighted by atomic mass is 32.2. The van der Waals surface area contributed by atoms with Crippen LogP contribution in [-0.4, -0.2) is 34.1 Å². The molecule has 3 aromatic carbocycles. The van der Waals surface area contributed by atoms with Gasteiger partial charge in [-0.15, -0.1) is 0 Å². The van der Waals surface area contributed by atoms with Gasteiger partial charge in [0.15, 0.2) is 11.5 Å². The molecule has 37 heavy (non-hydrogen) atoms. The lowest BCUT2D eigenvalue weighted by atomic mass is 10.1. The van der Waals surface area contributed by atoms with Crippen LogP contribution in [0.25, 0.3) is 0 Å². The van der Waals surface area contributed by atoms with Crippen molar-refractivity contribution in [2.45, 2.75) is 31.0 Å². The van der Waals surface area contributed by atoms with Gasteiger partial charge in [-0.25, -0.2) is 8.42 Å². The number of sulfonamides is 1. The minimum Gasteiger partial charge on any atom is -0.486 e. The van der Waals surface area contributed by atoms with E-state index < -0.39 is 40.3 Å². The van der Waals surface area contributed by atoms with Gasteiger partial charge in [0.1, 0.15) is 19.8 Å². The van der Waals surface area contributed by atoms with Crippen LogP contribution in [0.5, 0.6) is 11.5 Å². The molecule has 1 unspecified atom stereocenters. The van der Waals surface area contributed by atoms with Crippen LogP contribution >= 0.6 is 0 Å². The zero-order chi connectivity index (χ0) is 26.8. The molecule has 1 amide bonds. The first kappa shape index (κ1) is 26.3. The van der Waals surface area contributed by atoms with E-state index in [2.05, 4.69) is 5.32 Å². The summed E-state index contributed by atoms with van der Waals surface area (Å²) in [5.74, 6) is 0.404. The van der Waals surface area contributed by atoms with E-state index in [1.165, 1.54) is 18.2 Å². The molecule has 0 aliphatic carbocycles. The van der Waals surface area contributed by atoms with Crippen molar-refractivity contribution in [3.63, 3.8) is 0 Å². The van der Waals surface area contributed by atoms with Crippen molar-refractivity contribution in [3.8, 4) is 11.5 Å². The highest BCUT2D eigenvalue weighted by molar-refractivity contribution is 7.92. The lowest BCUT2D eigenvalue weighted by molar-refractivity contribution is -0.137. The molecule has 0 fully saturated rings. The number of alkyl halides is 3. The fourth-order valence-electron chi connectivity index (χ4n) is 3.82. The number of anilines is 1. The molecule has 0 radical (unpaired) electrons. The number of carbonyl (C=O) groups excluding carboxylic acids is 1. The Morgan fingerprint density at radius 3 is 2.35 bits per heavy atom. The molecule has 11 heteroatoms. The highest BCUT2D eigenvalue weighted by Crippen LogP contribution is 2.34. The van der Waals surface area contributed by atoms with Crippen molar-refractivity contribution in [1.29, 1.82) is 0 Å². The summed E-state index contributed by atoms with van der Waals surface area (Å²) >= 11 is 0. The molecule has 0 aromatic heterocycles. The zero-order valence-corrected chi connectivity index (χ0v) is 20.9. The third-order valence-corrected chi connectivity index (χ3v) is 7.59. The van der Waals surface area contributed by atoms with Crippen LogP contribution in [0.15, 0.2) is 71.6 Å². The predicted octanol–water partition coefficient (Wildman–Crippen LogP) is 4.86. The van der Waals surface area contributed by atoms with Gasteiger partial charge in [-0.3, -0.25) is 9.10 Å². The molecule has 1 aliphatic heterocycles. The van der Waals surface area contributed by atoms with Gasteiger partial charge in [0.2, 0.25) is 5.91 Å². The number of aryl methyl sites for hydroxylation is 1. The summed E-state index contributed by atoms with van der Waals surface area (Å²) in [4.78, 5) is 12.9. The third kappa shape index (κ3) is 5.99. The Hall–Kier alpha value is -3.73. The number of ether oxygens (including phenoxy) is 2. The van der Waals surface area contributed by atoms with Crippen LogP contribution < -0.4 is 19.1 Å². The van der Waals surface area contributed by atoms with Crippen molar-refractivity contribution in [2.75, 3.05) is 24.1 Å². The van der Waals surface area contributed by atoms with E-state index >= 15 is 0 Å². The van der Waals surface area contributed by atoms with Gasteiger partial charge in [0.25, 0.3) is 10.0 Å². The molecule has 1 atom stereocenters. The Balaban J connectivity index is 1.62. The van der Waals surface area contributed by atoms with Gasteiger partial charge >= 0.3 is 6.18 Å². The summed E-state index contributed by atoms with van der Waals surface area (Å²) in [6, 6.07) is 14.3. The Labute approximate surface area is 212 Å². The van der Waals surface area contributed by atoms with Crippen LogP contribution in [0.3, 0.4) is 0 Å². The molecular weight excluding hydrogens is 509 g/mol. The standard InChI is InChI=1S/C26H25F3N2O5S/c1-17-6-9-22(10-7-17)37(33,34)31(21-5-3-4-20(15-21)26(27,28)29)16-25(32)30-18(2)19-8-11-23-24(14-19)36-13-12-35-23/h3-11,14-15,18H,12-13,16H2,1-2H3,(H,30,32). The zero-order valence-electron chi connectivity index (χ0n) is 20.1. The Kier molecular flexibility index (Phi) is 7.35. The Bertz CT molecular complexity index is 1390. The number of amides is 1. The van der Waals surface area contributed by atoms with Gasteiger partial charge in [0.05, 0.1) is 22.2 Å². The van der Waals surface area contributed by atoms with E-state index in [1.54, 1.807) is 44.2 Å². The summed E-state index contributed by atoms with van der Waals surface area (Å²) in [7, 11) is -4.37. The minimum atomic E-state index is -4.69. The number of rotatable bonds is 7. The predicted molar refractivity (Wildman–Crippen MR) is 131 cm³/mol. The number of carbonyl (C=O) groups is 1. The van der Waals surface area contributed by atoms with Gasteiger partial charge in [-0.05, 0) is 61.9 Å². The second-order valence-electron chi connectivity index (χ2n) is 8.57. The number of hydrogen-bond donors (Lipinski definition) is 1. The average Bonchev–Trinajstić information content (AvgIpc) is 2.86. The van der Waals surface area contributed by atoms with E-state index in [4.69, 9.17) is 9.47 Å². The first-order valence-electron chi connectivity index (χ1n) is 11.4. The summed E-state index contributed by atoms with van der Waals surface area (Å²) in [5.41, 5.74) is 0.178. The Morgan fingerprint density at radius 1 is 1.00 bits per heavy atom. The molecule has 1 heterocycles. The smallest absolute Gasteiger partial charge is 0.416 e. The van der Waals surface area contributed by atoms with Gasteiger partial charge in [-0.1, -0.05) is 29.8 Å². The molecule has 0 bridgehead atoms. The Morgan fingerprint density at radius 2 is 1.68 bits per heavy atom. The van der Waals surface area contributed by atoms with Crippen LogP contribution in [-0.2, 0) is 21.0 Å². The molecule has 1 aliphatic rings. The van der Waals surface area contributed by atoms with E-state index in [-0.39, 0.29) is 10.6 Å². The molecule has 7 nitrogen and oxygen atoms in total. The fraction of sp³-hybridized carbons (Fsp3) is 0.269. The molecule has 4 rings (SSSR count). The number of hydrogen-bond acceptors (Lipinski definition) is 5. The molecule has 1 N–H and O–H groups in total. The summed E-state index contributed by atoms with van der Waals surface area (Å²) < 4.78 is 78.8. The molecule has 196 valence electrons. The van der Waals surface area contributed by atoms with E-state index in [0.29, 0.717) is 40.6 Å². The number of halogens is 3. The first-order valence-corrected chi connectivity index (χ1v) is 12.8. The van der Waals surface area contributed by atoms with Crippen LogP contribution in [0, 0.1) is 6.92 Å². The lowest BCUT2D eigenvalue weighted by Gasteiger charge is -2.26. The second kappa shape index (κ2) is 10.3. The fourth-order valence-corrected chi connectivity index (χ4v) is 5.23. The largest absolute Gasteiger partial charge is 0.486 e. The summed E-state index contributed by atoms with van der Waals surface area (Å²) in [6.45, 7) is 3.56. The minimum absolute atomic E-state index is 0.150. The SMILES string of the molecule is Cc1ccc(S(=O)(=O)N(CC(=O)NC(C)c2ccc3c(c2)OCCO3)c2cccc(C(F)(F)F)c2)cc1. The summed E-state index contributed by atoms with van der Waals surface area (Å²) in [5, 5.41) is 2.72. The second-order valence-corrected chi connectivity index (χ2v) is 10.4. The highest BCUT2D eigenvalue weighted by Gasteiger charge is 2.33. The molecule has 0 saturated heterocycles. The first-order chi connectivity index (χ1) is 17.4. The third-order valence-electron chi connectivity index (χ3n) is 5.80. The van der Waals surface area contributed by atoms with E-state index in [1.807, 2.05) is 0 Å². The van der Waals surface area contributed by atoms with E-state index in [9.17, 15) is 26.4 Å². The normalized spacial score (nSPS) is 14.1. The maximum Gasteiger partial charge on any atom is 0.416 e.